The average Bonchev–Trinajstić information content (AvgIpc) is 2.48. The van der Waals surface area contributed by atoms with Crippen molar-refractivity contribution in [2.45, 2.75) is 40.5 Å². The van der Waals surface area contributed by atoms with Crippen LogP contribution < -0.4 is 0 Å². The van der Waals surface area contributed by atoms with E-state index in [0.717, 1.165) is 22.3 Å². The van der Waals surface area contributed by atoms with Crippen LogP contribution in [0.4, 0.5) is 0 Å². The van der Waals surface area contributed by atoms with Crippen LogP contribution in [0.2, 0.25) is 0 Å². The van der Waals surface area contributed by atoms with Crippen molar-refractivity contribution in [2.75, 3.05) is 0 Å². The summed E-state index contributed by atoms with van der Waals surface area (Å²) in [4.78, 5) is 0. The third-order valence-electron chi connectivity index (χ3n) is 4.32. The number of phenolic OH excluding ortho intramolecular Hbond substituents is 2. The summed E-state index contributed by atoms with van der Waals surface area (Å²) < 4.78 is 0. The van der Waals surface area contributed by atoms with Gasteiger partial charge in [0.15, 0.2) is 0 Å². The maximum absolute atomic E-state index is 10.5. The van der Waals surface area contributed by atoms with Crippen molar-refractivity contribution >= 4 is 0 Å². The number of nitriles is 1. The molecule has 0 radical (unpaired) electrons. The lowest BCUT2D eigenvalue weighted by Crippen LogP contribution is -2.12. The molecule has 3 heteroatoms. The zero-order valence-electron chi connectivity index (χ0n) is 14.3. The second kappa shape index (κ2) is 6.34. The van der Waals surface area contributed by atoms with Gasteiger partial charge < -0.3 is 10.2 Å². The second-order valence-electron chi connectivity index (χ2n) is 6.43. The number of aromatic hydroxyl groups is 2. The van der Waals surface area contributed by atoms with Crippen LogP contribution in [0, 0.1) is 44.9 Å². The Morgan fingerprint density at radius 2 is 1.22 bits per heavy atom. The summed E-state index contributed by atoms with van der Waals surface area (Å²) in [7, 11) is 0. The molecule has 0 aromatic heterocycles. The van der Waals surface area contributed by atoms with Gasteiger partial charge in [0.1, 0.15) is 11.5 Å². The molecular formula is C20H23NO2. The molecule has 0 aliphatic heterocycles. The molecule has 0 fully saturated rings. The van der Waals surface area contributed by atoms with Crippen LogP contribution in [0.1, 0.15) is 46.2 Å². The minimum atomic E-state index is -0.380. The summed E-state index contributed by atoms with van der Waals surface area (Å²) in [5.74, 6) is -0.367. The van der Waals surface area contributed by atoms with Crippen LogP contribution >= 0.6 is 0 Å². The molecule has 0 aliphatic rings. The number of hydrogen-bond acceptors (Lipinski definition) is 3. The van der Waals surface area contributed by atoms with Crippen molar-refractivity contribution < 1.29 is 10.2 Å². The minimum Gasteiger partial charge on any atom is -0.507 e. The lowest BCUT2D eigenvalue weighted by atomic mass is 9.79. The molecule has 2 N–H and O–H groups in total. The summed E-state index contributed by atoms with van der Waals surface area (Å²) in [5.41, 5.74) is 4.98. The zero-order valence-corrected chi connectivity index (χ0v) is 14.3. The third kappa shape index (κ3) is 3.17. The van der Waals surface area contributed by atoms with Crippen LogP contribution in [0.25, 0.3) is 0 Å². The smallest absolute Gasteiger partial charge is 0.122 e. The molecule has 23 heavy (non-hydrogen) atoms. The highest BCUT2D eigenvalue weighted by Crippen LogP contribution is 2.43. The highest BCUT2D eigenvalue weighted by molar-refractivity contribution is 5.54. The molecule has 0 heterocycles. The van der Waals surface area contributed by atoms with Crippen molar-refractivity contribution in [2.24, 2.45) is 5.92 Å². The average molecular weight is 309 g/mol. The van der Waals surface area contributed by atoms with Gasteiger partial charge in [0.25, 0.3) is 0 Å². The van der Waals surface area contributed by atoms with Crippen molar-refractivity contribution in [1.29, 1.82) is 5.26 Å². The van der Waals surface area contributed by atoms with Crippen LogP contribution in [-0.4, -0.2) is 10.2 Å². The van der Waals surface area contributed by atoms with Crippen LogP contribution in [0.15, 0.2) is 24.3 Å². The normalized spacial score (nSPS) is 12.2. The minimum absolute atomic E-state index is 0.196. The second-order valence-corrected chi connectivity index (χ2v) is 6.43. The van der Waals surface area contributed by atoms with Crippen LogP contribution in [0.3, 0.4) is 0 Å². The Labute approximate surface area is 137 Å². The van der Waals surface area contributed by atoms with E-state index in [0.29, 0.717) is 11.1 Å². The maximum atomic E-state index is 10.5. The van der Waals surface area contributed by atoms with Gasteiger partial charge in [-0.1, -0.05) is 35.4 Å². The first-order valence-corrected chi connectivity index (χ1v) is 7.76. The molecule has 0 amide bonds. The van der Waals surface area contributed by atoms with E-state index in [9.17, 15) is 15.5 Å². The van der Waals surface area contributed by atoms with E-state index in [1.54, 1.807) is 0 Å². The van der Waals surface area contributed by atoms with E-state index >= 15 is 0 Å². The van der Waals surface area contributed by atoms with E-state index in [-0.39, 0.29) is 23.3 Å². The van der Waals surface area contributed by atoms with Crippen molar-refractivity contribution in [3.8, 4) is 17.6 Å². The molecule has 0 saturated carbocycles. The zero-order chi connectivity index (χ0) is 17.3. The lowest BCUT2D eigenvalue weighted by Gasteiger charge is -2.24. The molecule has 0 spiro atoms. The molecular weight excluding hydrogens is 286 g/mol. The molecule has 2 aromatic carbocycles. The highest BCUT2D eigenvalue weighted by atomic mass is 16.3. The number of nitrogens with zero attached hydrogens (tertiary/aromatic N) is 1. The van der Waals surface area contributed by atoms with Crippen LogP contribution in [-0.2, 0) is 0 Å². The summed E-state index contributed by atoms with van der Waals surface area (Å²) >= 11 is 0. The monoisotopic (exact) mass is 309 g/mol. The van der Waals surface area contributed by atoms with Crippen LogP contribution in [0.5, 0.6) is 11.5 Å². The van der Waals surface area contributed by atoms with Gasteiger partial charge in [-0.3, -0.25) is 0 Å². The SMILES string of the molecule is Cc1cc(C)c(O)c(C(c2cc(C)cc(C)c2O)C(C)C#N)c1. The third-order valence-corrected chi connectivity index (χ3v) is 4.32. The molecule has 2 aromatic rings. The Balaban J connectivity index is 2.77. The van der Waals surface area contributed by atoms with E-state index < -0.39 is 0 Å². The largest absolute Gasteiger partial charge is 0.507 e. The molecule has 0 bridgehead atoms. The first-order valence-electron chi connectivity index (χ1n) is 7.76. The summed E-state index contributed by atoms with van der Waals surface area (Å²) in [6, 6.07) is 9.90. The van der Waals surface area contributed by atoms with E-state index in [1.165, 1.54) is 0 Å². The highest BCUT2D eigenvalue weighted by Gasteiger charge is 2.28. The standard InChI is InChI=1S/C20H23NO2/c1-11-6-13(3)19(22)16(8-11)18(15(5)10-21)17-9-12(2)7-14(4)20(17)23/h6-9,15,18,22-23H,1-5H3. The van der Waals surface area contributed by atoms with Gasteiger partial charge in [-0.05, 0) is 45.7 Å². The summed E-state index contributed by atoms with van der Waals surface area (Å²) in [6.07, 6.45) is 0. The number of aryl methyl sites for hydroxylation is 4. The first-order chi connectivity index (χ1) is 10.8. The van der Waals surface area contributed by atoms with E-state index in [4.69, 9.17) is 0 Å². The summed E-state index contributed by atoms with van der Waals surface area (Å²) in [5, 5.41) is 30.5. The van der Waals surface area contributed by atoms with Gasteiger partial charge >= 0.3 is 0 Å². The fourth-order valence-electron chi connectivity index (χ4n) is 3.24. The fraction of sp³-hybridized carbons (Fsp3) is 0.350. The predicted octanol–water partition coefficient (Wildman–Crippen LogP) is 4.62. The molecule has 120 valence electrons. The molecule has 3 nitrogen and oxygen atoms in total. The Kier molecular flexibility index (Phi) is 4.65. The number of benzene rings is 2. The van der Waals surface area contributed by atoms with Crippen molar-refractivity contribution in [1.82, 2.24) is 0 Å². The first kappa shape index (κ1) is 16.9. The maximum Gasteiger partial charge on any atom is 0.122 e. The number of phenols is 2. The summed E-state index contributed by atoms with van der Waals surface area (Å²) in [6.45, 7) is 9.44. The van der Waals surface area contributed by atoms with E-state index in [1.807, 2.05) is 58.9 Å². The van der Waals surface area contributed by atoms with Gasteiger partial charge in [-0.15, -0.1) is 0 Å². The fourth-order valence-corrected chi connectivity index (χ4v) is 3.24. The van der Waals surface area contributed by atoms with E-state index in [2.05, 4.69) is 6.07 Å². The lowest BCUT2D eigenvalue weighted by molar-refractivity contribution is 0.440. The quantitative estimate of drug-likeness (QED) is 0.869. The molecule has 1 atom stereocenters. The van der Waals surface area contributed by atoms with Gasteiger partial charge in [0, 0.05) is 17.0 Å². The Bertz CT molecular complexity index is 730. The predicted molar refractivity (Wildman–Crippen MR) is 91.8 cm³/mol. The molecule has 2 rings (SSSR count). The van der Waals surface area contributed by atoms with Gasteiger partial charge in [-0.2, -0.15) is 5.26 Å². The molecule has 1 unspecified atom stereocenters. The Hall–Kier alpha value is -2.47. The number of hydrogen-bond donors (Lipinski definition) is 2. The molecule has 0 saturated heterocycles. The van der Waals surface area contributed by atoms with Gasteiger partial charge in [0.05, 0.1) is 12.0 Å². The Morgan fingerprint density at radius 1 is 0.826 bits per heavy atom. The van der Waals surface area contributed by atoms with Crippen molar-refractivity contribution in [3.05, 3.63) is 57.6 Å². The van der Waals surface area contributed by atoms with Crippen molar-refractivity contribution in [3.63, 3.8) is 0 Å². The topological polar surface area (TPSA) is 64.2 Å². The van der Waals surface area contributed by atoms with Gasteiger partial charge in [-0.25, -0.2) is 0 Å². The number of rotatable bonds is 3. The van der Waals surface area contributed by atoms with Gasteiger partial charge in [0.2, 0.25) is 0 Å². The molecule has 0 aliphatic carbocycles. The Morgan fingerprint density at radius 3 is 1.57 bits per heavy atom.